The van der Waals surface area contributed by atoms with E-state index < -0.39 is 18.0 Å². The van der Waals surface area contributed by atoms with Gasteiger partial charge in [-0.05, 0) is 110 Å². The van der Waals surface area contributed by atoms with E-state index in [-0.39, 0.29) is 18.1 Å². The molecule has 2 atom stereocenters. The lowest BCUT2D eigenvalue weighted by Crippen LogP contribution is -2.43. The summed E-state index contributed by atoms with van der Waals surface area (Å²) in [4.78, 5) is 25.4. The molecule has 8 heteroatoms. The number of hydrogen-bond acceptors (Lipinski definition) is 8. The van der Waals surface area contributed by atoms with Crippen molar-refractivity contribution in [1.29, 1.82) is 0 Å². The Kier molecular flexibility index (Phi) is 14.9. The molecular weight excluding hydrogens is 668 g/mol. The summed E-state index contributed by atoms with van der Waals surface area (Å²) in [5.74, 6) is 0.848. The fourth-order valence-corrected chi connectivity index (χ4v) is 5.80. The molecule has 0 radical (unpaired) electrons. The third kappa shape index (κ3) is 12.5. The van der Waals surface area contributed by atoms with Crippen LogP contribution in [0.2, 0.25) is 0 Å². The number of rotatable bonds is 21. The van der Waals surface area contributed by atoms with Gasteiger partial charge in [-0.3, -0.25) is 0 Å². The van der Waals surface area contributed by atoms with E-state index in [9.17, 15) is 9.59 Å². The fraction of sp³-hybridized carbons (Fsp3) is 0.422. The maximum Gasteiger partial charge on any atom is 0.338 e. The van der Waals surface area contributed by atoms with Gasteiger partial charge in [-0.15, -0.1) is 0 Å². The van der Waals surface area contributed by atoms with Gasteiger partial charge < -0.3 is 28.4 Å². The molecule has 1 heterocycles. The van der Waals surface area contributed by atoms with Gasteiger partial charge in [-0.1, -0.05) is 68.8 Å². The molecule has 1 aliphatic rings. The van der Waals surface area contributed by atoms with Crippen molar-refractivity contribution in [3.63, 3.8) is 0 Å². The van der Waals surface area contributed by atoms with Crippen molar-refractivity contribution in [3.8, 4) is 33.8 Å². The molecule has 8 nitrogen and oxygen atoms in total. The van der Waals surface area contributed by atoms with Crippen molar-refractivity contribution < 1.29 is 38.0 Å². The molecule has 53 heavy (non-hydrogen) atoms. The lowest BCUT2D eigenvalue weighted by atomic mass is 9.90. The predicted molar refractivity (Wildman–Crippen MR) is 208 cm³/mol. The van der Waals surface area contributed by atoms with Gasteiger partial charge >= 0.3 is 11.9 Å². The van der Waals surface area contributed by atoms with Crippen LogP contribution in [0.5, 0.6) is 11.5 Å². The number of carbonyl (C=O) groups excluding carboxylic acids is 2. The van der Waals surface area contributed by atoms with Gasteiger partial charge in [0, 0.05) is 18.4 Å². The van der Waals surface area contributed by atoms with Gasteiger partial charge in [-0.2, -0.15) is 0 Å². The quantitative estimate of drug-likeness (QED) is 0.0620. The minimum absolute atomic E-state index is 0.135. The Morgan fingerprint density at radius 2 is 1.15 bits per heavy atom. The van der Waals surface area contributed by atoms with Crippen molar-refractivity contribution in [1.82, 2.24) is 0 Å². The first-order valence-corrected chi connectivity index (χ1v) is 19.0. The van der Waals surface area contributed by atoms with E-state index in [0.29, 0.717) is 24.2 Å². The number of unbranched alkanes of at least 4 members (excludes halogenated alkanes) is 3. The Bertz CT molecular complexity index is 1690. The molecule has 0 bridgehead atoms. The lowest BCUT2D eigenvalue weighted by Gasteiger charge is -2.37. The monoisotopic (exact) mass is 722 g/mol. The molecule has 5 rings (SSSR count). The van der Waals surface area contributed by atoms with Crippen LogP contribution in [0.15, 0.2) is 97.1 Å². The minimum Gasteiger partial charge on any atom is -0.494 e. The third-order valence-corrected chi connectivity index (χ3v) is 9.40. The normalized spacial score (nSPS) is 14.4. The van der Waals surface area contributed by atoms with Crippen LogP contribution in [0.25, 0.3) is 22.3 Å². The molecule has 282 valence electrons. The van der Waals surface area contributed by atoms with Crippen molar-refractivity contribution in [3.05, 3.63) is 108 Å². The Hall–Kier alpha value is -4.66. The van der Waals surface area contributed by atoms with Crippen LogP contribution in [0, 0.1) is 5.41 Å². The summed E-state index contributed by atoms with van der Waals surface area (Å²) in [5, 5.41) is 0. The average molecular weight is 723 g/mol. The van der Waals surface area contributed by atoms with E-state index in [1.165, 1.54) is 0 Å². The van der Waals surface area contributed by atoms with Crippen LogP contribution < -0.4 is 9.47 Å². The van der Waals surface area contributed by atoms with Gasteiger partial charge in [0.1, 0.15) is 17.6 Å². The van der Waals surface area contributed by atoms with Gasteiger partial charge in [0.05, 0.1) is 50.3 Å². The number of hydrogen-bond donors (Lipinski definition) is 0. The van der Waals surface area contributed by atoms with Crippen molar-refractivity contribution in [2.24, 2.45) is 5.41 Å². The van der Waals surface area contributed by atoms with Crippen LogP contribution >= 0.6 is 0 Å². The molecule has 0 aromatic heterocycles. The smallest absolute Gasteiger partial charge is 0.338 e. The number of esters is 2. The molecule has 1 aliphatic heterocycles. The standard InChI is InChI=1S/C45H54O8/c1-5-33(2)52-42-24-20-38(21-25-42)36-12-16-40(17-13-36)44(47)53-34(3)26-29-51-43(46)39-14-10-35(11-15-39)37-18-22-41(23-19-37)50-28-9-7-6-8-27-48-30-45(4)31-49-32-45/h10-25,33-34H,5-9,26-32H2,1-4H3/t33-,34+/m0/s1. The second-order valence-corrected chi connectivity index (χ2v) is 14.3. The Morgan fingerprint density at radius 1 is 0.642 bits per heavy atom. The molecule has 0 aliphatic carbocycles. The summed E-state index contributed by atoms with van der Waals surface area (Å²) in [6, 6.07) is 30.6. The zero-order valence-electron chi connectivity index (χ0n) is 31.6. The molecule has 0 spiro atoms. The maximum absolute atomic E-state index is 12.7. The molecule has 0 saturated carbocycles. The van der Waals surface area contributed by atoms with Crippen LogP contribution in [-0.4, -0.2) is 63.8 Å². The second kappa shape index (κ2) is 20.0. The lowest BCUT2D eigenvalue weighted by molar-refractivity contribution is -0.137. The highest BCUT2D eigenvalue weighted by Gasteiger charge is 2.33. The summed E-state index contributed by atoms with van der Waals surface area (Å²) in [7, 11) is 0. The van der Waals surface area contributed by atoms with Crippen LogP contribution in [0.3, 0.4) is 0 Å². The number of ether oxygens (including phenoxy) is 6. The fourth-order valence-electron chi connectivity index (χ4n) is 5.80. The third-order valence-electron chi connectivity index (χ3n) is 9.40. The van der Waals surface area contributed by atoms with E-state index in [1.54, 1.807) is 31.2 Å². The largest absolute Gasteiger partial charge is 0.494 e. The number of carbonyl (C=O) groups is 2. The molecule has 0 unspecified atom stereocenters. The van der Waals surface area contributed by atoms with Crippen LogP contribution in [0.1, 0.15) is 86.9 Å². The zero-order valence-corrected chi connectivity index (χ0v) is 31.6. The highest BCUT2D eigenvalue weighted by atomic mass is 16.6. The summed E-state index contributed by atoms with van der Waals surface area (Å²) in [5.41, 5.74) is 5.20. The number of benzene rings is 4. The maximum atomic E-state index is 12.7. The summed E-state index contributed by atoms with van der Waals surface area (Å²) in [6.07, 6.45) is 5.41. The van der Waals surface area contributed by atoms with E-state index in [1.807, 2.05) is 79.7 Å². The van der Waals surface area contributed by atoms with E-state index in [2.05, 4.69) is 13.8 Å². The van der Waals surface area contributed by atoms with Crippen LogP contribution in [-0.2, 0) is 18.9 Å². The van der Waals surface area contributed by atoms with Gasteiger partial charge in [0.15, 0.2) is 0 Å². The van der Waals surface area contributed by atoms with Crippen molar-refractivity contribution >= 4 is 11.9 Å². The molecule has 4 aromatic carbocycles. The van der Waals surface area contributed by atoms with Crippen LogP contribution in [0.4, 0.5) is 0 Å². The minimum atomic E-state index is -0.422. The van der Waals surface area contributed by atoms with Gasteiger partial charge in [-0.25, -0.2) is 9.59 Å². The second-order valence-electron chi connectivity index (χ2n) is 14.3. The van der Waals surface area contributed by atoms with E-state index in [4.69, 9.17) is 28.4 Å². The van der Waals surface area contributed by atoms with E-state index >= 15 is 0 Å². The van der Waals surface area contributed by atoms with E-state index in [0.717, 1.165) is 92.3 Å². The summed E-state index contributed by atoms with van der Waals surface area (Å²) in [6.45, 7) is 12.2. The first-order valence-electron chi connectivity index (χ1n) is 19.0. The highest BCUT2D eigenvalue weighted by Crippen LogP contribution is 2.27. The first-order chi connectivity index (χ1) is 25.7. The average Bonchev–Trinajstić information content (AvgIpc) is 3.17. The van der Waals surface area contributed by atoms with Crippen molar-refractivity contribution in [2.75, 3.05) is 39.6 Å². The molecule has 4 aromatic rings. The Morgan fingerprint density at radius 3 is 1.68 bits per heavy atom. The Balaban J connectivity index is 0.955. The summed E-state index contributed by atoms with van der Waals surface area (Å²) >= 11 is 0. The molecule has 0 N–H and O–H groups in total. The van der Waals surface area contributed by atoms with Crippen molar-refractivity contribution in [2.45, 2.75) is 78.4 Å². The Labute approximate surface area is 314 Å². The molecule has 0 amide bonds. The van der Waals surface area contributed by atoms with Gasteiger partial charge in [0.2, 0.25) is 0 Å². The zero-order chi connectivity index (χ0) is 37.5. The molecular formula is C45H54O8. The van der Waals surface area contributed by atoms with Gasteiger partial charge in [0.25, 0.3) is 0 Å². The first kappa shape index (κ1) is 39.5. The summed E-state index contributed by atoms with van der Waals surface area (Å²) < 4.78 is 33.9. The highest BCUT2D eigenvalue weighted by molar-refractivity contribution is 5.91. The predicted octanol–water partition coefficient (Wildman–Crippen LogP) is 9.98. The topological polar surface area (TPSA) is 89.5 Å². The SMILES string of the molecule is CC[C@H](C)Oc1ccc(-c2ccc(C(=O)O[C@H](C)CCOC(=O)c3ccc(-c4ccc(OCCCCCCOCC5(C)COC5)cc4)cc3)cc2)cc1. The molecule has 1 saturated heterocycles. The molecule has 1 fully saturated rings.